The third-order valence-corrected chi connectivity index (χ3v) is 4.43. The number of nitrogens with zero attached hydrogens (tertiary/aromatic N) is 2. The molecule has 0 radical (unpaired) electrons. The van der Waals surface area contributed by atoms with Gasteiger partial charge in [0.15, 0.2) is 0 Å². The first-order valence-electron chi connectivity index (χ1n) is 9.64. The maximum atomic E-state index is 12.6. The maximum Gasteiger partial charge on any atom is 0.433 e. The molecular weight excluding hydrogens is 419 g/mol. The van der Waals surface area contributed by atoms with Crippen LogP contribution >= 0.6 is 0 Å². The van der Waals surface area contributed by atoms with Gasteiger partial charge in [0.05, 0.1) is 35.9 Å². The van der Waals surface area contributed by atoms with Gasteiger partial charge in [0.25, 0.3) is 0 Å². The van der Waals surface area contributed by atoms with E-state index in [1.165, 1.54) is 6.07 Å². The number of carbonyl (C=O) groups is 1. The average Bonchev–Trinajstić information content (AvgIpc) is 2.72. The highest BCUT2D eigenvalue weighted by Crippen LogP contribution is 2.28. The van der Waals surface area contributed by atoms with Gasteiger partial charge >= 0.3 is 12.1 Å². The van der Waals surface area contributed by atoms with Crippen molar-refractivity contribution in [1.29, 1.82) is 0 Å². The van der Waals surface area contributed by atoms with Gasteiger partial charge in [-0.2, -0.15) is 13.2 Å². The predicted molar refractivity (Wildman–Crippen MR) is 115 cm³/mol. The number of hydrogen-bond donors (Lipinski definition) is 2. The smallest absolute Gasteiger partial charge is 0.433 e. The quantitative estimate of drug-likeness (QED) is 0.495. The number of carboxylic acid groups (broad SMARTS) is 1. The lowest BCUT2D eigenvalue weighted by Gasteiger charge is -2.13. The molecule has 0 aliphatic heterocycles. The van der Waals surface area contributed by atoms with E-state index in [2.05, 4.69) is 27.1 Å². The fourth-order valence-electron chi connectivity index (χ4n) is 2.83. The number of aromatic nitrogens is 2. The Kier molecular flexibility index (Phi) is 6.49. The van der Waals surface area contributed by atoms with Crippen LogP contribution in [0.5, 0.6) is 0 Å². The van der Waals surface area contributed by atoms with Gasteiger partial charge < -0.3 is 10.4 Å². The molecule has 0 bridgehead atoms. The second-order valence-corrected chi connectivity index (χ2v) is 7.77. The lowest BCUT2D eigenvalue weighted by atomic mass is 9.90. The summed E-state index contributed by atoms with van der Waals surface area (Å²) in [5, 5.41) is 11.9. The van der Waals surface area contributed by atoms with Crippen LogP contribution < -0.4 is 5.32 Å². The third kappa shape index (κ3) is 6.32. The van der Waals surface area contributed by atoms with Gasteiger partial charge in [-0.3, -0.25) is 9.78 Å². The molecule has 3 rings (SSSR count). The molecule has 1 aromatic carbocycles. The number of benzene rings is 1. The van der Waals surface area contributed by atoms with Crippen molar-refractivity contribution in [2.75, 3.05) is 5.32 Å². The van der Waals surface area contributed by atoms with Crippen LogP contribution in [0, 0.1) is 17.3 Å². The second-order valence-electron chi connectivity index (χ2n) is 7.77. The van der Waals surface area contributed by atoms with Crippen LogP contribution in [0.2, 0.25) is 0 Å². The Morgan fingerprint density at radius 2 is 1.59 bits per heavy atom. The zero-order valence-electron chi connectivity index (χ0n) is 17.4. The molecule has 0 unspecified atom stereocenters. The van der Waals surface area contributed by atoms with E-state index < -0.39 is 23.3 Å². The Balaban J connectivity index is 1.67. The third-order valence-electron chi connectivity index (χ3n) is 4.43. The van der Waals surface area contributed by atoms with Crippen LogP contribution in [0.4, 0.5) is 24.5 Å². The molecule has 2 N–H and O–H groups in total. The van der Waals surface area contributed by atoms with Gasteiger partial charge in [-0.25, -0.2) is 4.98 Å². The fourth-order valence-corrected chi connectivity index (χ4v) is 2.83. The number of hydrogen-bond acceptors (Lipinski definition) is 4. The number of rotatable bonds is 5. The van der Waals surface area contributed by atoms with Gasteiger partial charge in [0.1, 0.15) is 5.69 Å². The molecule has 0 saturated heterocycles. The number of alkyl halides is 3. The first kappa shape index (κ1) is 22.8. The normalized spacial score (nSPS) is 11.4. The van der Waals surface area contributed by atoms with E-state index in [1.54, 1.807) is 32.2 Å². The van der Waals surface area contributed by atoms with E-state index in [4.69, 9.17) is 5.11 Å². The molecule has 2 heterocycles. The topological polar surface area (TPSA) is 75.1 Å². The minimum Gasteiger partial charge on any atom is -0.481 e. The van der Waals surface area contributed by atoms with Crippen LogP contribution in [0.3, 0.4) is 0 Å². The minimum absolute atomic E-state index is 0.0368. The van der Waals surface area contributed by atoms with Crippen molar-refractivity contribution in [2.24, 2.45) is 5.41 Å². The molecule has 2 aromatic heterocycles. The van der Waals surface area contributed by atoms with Crippen LogP contribution in [0.15, 0.2) is 60.9 Å². The highest BCUT2D eigenvalue weighted by Gasteiger charge is 2.32. The van der Waals surface area contributed by atoms with E-state index in [0.29, 0.717) is 17.1 Å². The molecule has 0 atom stereocenters. The number of aliphatic carboxylic acids is 1. The van der Waals surface area contributed by atoms with Crippen molar-refractivity contribution in [3.8, 4) is 23.1 Å². The van der Waals surface area contributed by atoms with Crippen molar-refractivity contribution in [3.63, 3.8) is 0 Å². The molecule has 5 nitrogen and oxygen atoms in total. The first-order valence-corrected chi connectivity index (χ1v) is 9.64. The molecule has 0 amide bonds. The SMILES string of the molecule is CC(C)(C#Cc1ccc(-c2ccc(Nc3ccc(C(F)(F)F)nc3)cn2)cc1)CC(=O)O. The zero-order chi connectivity index (χ0) is 23.4. The highest BCUT2D eigenvalue weighted by molar-refractivity contribution is 5.68. The summed E-state index contributed by atoms with van der Waals surface area (Å²) in [6, 6.07) is 13.2. The summed E-state index contributed by atoms with van der Waals surface area (Å²) in [6.07, 6.45) is -1.81. The standard InChI is InChI=1S/C24H20F3N3O2/c1-23(2,13-22(31)32)12-11-16-3-5-17(6-4-16)20-9-7-18(14-28-20)30-19-8-10-21(29-15-19)24(25,26)27/h3-10,14-15,30H,13H2,1-2H3,(H,31,32). The molecule has 32 heavy (non-hydrogen) atoms. The summed E-state index contributed by atoms with van der Waals surface area (Å²) >= 11 is 0. The Labute approximate surface area is 183 Å². The average molecular weight is 439 g/mol. The molecule has 0 aliphatic rings. The molecule has 164 valence electrons. The summed E-state index contributed by atoms with van der Waals surface area (Å²) < 4.78 is 37.8. The Morgan fingerprint density at radius 1 is 0.969 bits per heavy atom. The number of pyridine rings is 2. The monoisotopic (exact) mass is 439 g/mol. The van der Waals surface area contributed by atoms with Crippen molar-refractivity contribution >= 4 is 17.3 Å². The number of nitrogens with one attached hydrogen (secondary N) is 1. The van der Waals surface area contributed by atoms with Crippen LogP contribution in [0.1, 0.15) is 31.5 Å². The number of halogens is 3. The maximum absolute atomic E-state index is 12.6. The van der Waals surface area contributed by atoms with Crippen molar-refractivity contribution in [1.82, 2.24) is 9.97 Å². The molecule has 3 aromatic rings. The van der Waals surface area contributed by atoms with Gasteiger partial charge in [0.2, 0.25) is 0 Å². The van der Waals surface area contributed by atoms with Crippen LogP contribution in [-0.4, -0.2) is 21.0 Å². The van der Waals surface area contributed by atoms with Crippen LogP contribution in [-0.2, 0) is 11.0 Å². The van der Waals surface area contributed by atoms with Crippen molar-refractivity contribution in [2.45, 2.75) is 26.4 Å². The molecule has 0 aliphatic carbocycles. The highest BCUT2D eigenvalue weighted by atomic mass is 19.4. The van der Waals surface area contributed by atoms with Crippen molar-refractivity contribution in [3.05, 3.63) is 72.2 Å². The molecule has 8 heteroatoms. The lowest BCUT2D eigenvalue weighted by molar-refractivity contribution is -0.141. The Bertz CT molecular complexity index is 1140. The van der Waals surface area contributed by atoms with Gasteiger partial charge in [-0.15, -0.1) is 0 Å². The minimum atomic E-state index is -4.47. The Morgan fingerprint density at radius 3 is 2.09 bits per heavy atom. The summed E-state index contributed by atoms with van der Waals surface area (Å²) in [5.41, 5.74) is 1.79. The van der Waals surface area contributed by atoms with Gasteiger partial charge in [-0.05, 0) is 50.2 Å². The molecule has 0 saturated carbocycles. The number of anilines is 2. The second kappa shape index (κ2) is 9.10. The van der Waals surface area contributed by atoms with E-state index in [-0.39, 0.29) is 6.42 Å². The fraction of sp³-hybridized carbons (Fsp3) is 0.208. The molecule has 0 fully saturated rings. The van der Waals surface area contributed by atoms with E-state index >= 15 is 0 Å². The van der Waals surface area contributed by atoms with E-state index in [0.717, 1.165) is 23.4 Å². The molecule has 0 spiro atoms. The first-order chi connectivity index (χ1) is 15.0. The van der Waals surface area contributed by atoms with E-state index in [9.17, 15) is 18.0 Å². The zero-order valence-corrected chi connectivity index (χ0v) is 17.4. The predicted octanol–water partition coefficient (Wildman–Crippen LogP) is 5.76. The largest absolute Gasteiger partial charge is 0.481 e. The summed E-state index contributed by atoms with van der Waals surface area (Å²) in [5.74, 6) is 5.09. The van der Waals surface area contributed by atoms with Gasteiger partial charge in [0, 0.05) is 16.5 Å². The number of carboxylic acids is 1. The van der Waals surface area contributed by atoms with Crippen molar-refractivity contribution < 1.29 is 23.1 Å². The van der Waals surface area contributed by atoms with Gasteiger partial charge in [-0.1, -0.05) is 24.0 Å². The van der Waals surface area contributed by atoms with E-state index in [1.807, 2.05) is 24.3 Å². The Hall–Kier alpha value is -3.86. The van der Waals surface area contributed by atoms with Crippen LogP contribution in [0.25, 0.3) is 11.3 Å². The summed E-state index contributed by atoms with van der Waals surface area (Å²) in [7, 11) is 0. The summed E-state index contributed by atoms with van der Waals surface area (Å²) in [6.45, 7) is 3.56. The summed E-state index contributed by atoms with van der Waals surface area (Å²) in [4.78, 5) is 18.7. The molecular formula is C24H20F3N3O2. The lowest BCUT2D eigenvalue weighted by Crippen LogP contribution is -2.14.